The van der Waals surface area contributed by atoms with Crippen molar-refractivity contribution in [1.29, 1.82) is 0 Å². The van der Waals surface area contributed by atoms with Gasteiger partial charge in [-0.05, 0) is 31.7 Å². The molecule has 3 N–H and O–H groups in total. The number of hydrogen-bond donors (Lipinski definition) is 2. The fraction of sp³-hybridized carbons (Fsp3) is 0.619. The van der Waals surface area contributed by atoms with Crippen LogP contribution >= 0.6 is 12.4 Å². The number of amides is 2. The predicted octanol–water partition coefficient (Wildman–Crippen LogP) is 3.29. The van der Waals surface area contributed by atoms with Gasteiger partial charge in [0.25, 0.3) is 0 Å². The molecule has 27 heavy (non-hydrogen) atoms. The van der Waals surface area contributed by atoms with Crippen LogP contribution in [0, 0.1) is 11.8 Å². The van der Waals surface area contributed by atoms with Crippen molar-refractivity contribution in [3.63, 3.8) is 0 Å². The molecule has 0 radical (unpaired) electrons. The smallest absolute Gasteiger partial charge is 0.227 e. The van der Waals surface area contributed by atoms with E-state index in [4.69, 9.17) is 5.73 Å². The van der Waals surface area contributed by atoms with E-state index in [9.17, 15) is 9.59 Å². The molecule has 1 aromatic rings. The minimum atomic E-state index is -0.338. The molecule has 0 aliphatic carbocycles. The van der Waals surface area contributed by atoms with Crippen LogP contribution in [0.2, 0.25) is 0 Å². The average molecular weight is 396 g/mol. The van der Waals surface area contributed by atoms with Crippen molar-refractivity contribution in [1.82, 2.24) is 10.2 Å². The number of carbonyl (C=O) groups is 2. The van der Waals surface area contributed by atoms with Gasteiger partial charge in [0.15, 0.2) is 0 Å². The van der Waals surface area contributed by atoms with Crippen molar-refractivity contribution < 1.29 is 9.59 Å². The monoisotopic (exact) mass is 395 g/mol. The molecule has 2 rings (SSSR count). The Bertz CT molecular complexity index is 596. The first kappa shape index (κ1) is 23.4. The van der Waals surface area contributed by atoms with Crippen molar-refractivity contribution in [3.05, 3.63) is 35.9 Å². The van der Waals surface area contributed by atoms with Crippen molar-refractivity contribution in [3.8, 4) is 0 Å². The number of hydrogen-bond acceptors (Lipinski definition) is 3. The first-order valence-electron chi connectivity index (χ1n) is 9.84. The van der Waals surface area contributed by atoms with E-state index in [2.05, 4.69) is 19.2 Å². The minimum Gasteiger partial charge on any atom is -0.356 e. The molecule has 4 atom stereocenters. The normalized spacial score (nSPS) is 21.7. The van der Waals surface area contributed by atoms with Crippen LogP contribution in [-0.2, 0) is 9.59 Å². The Labute approximate surface area is 169 Å². The van der Waals surface area contributed by atoms with Gasteiger partial charge < -0.3 is 16.0 Å². The van der Waals surface area contributed by atoms with Gasteiger partial charge in [-0.1, -0.05) is 50.6 Å². The Kier molecular flexibility index (Phi) is 9.81. The van der Waals surface area contributed by atoms with E-state index in [1.807, 2.05) is 42.2 Å². The molecule has 0 aromatic heterocycles. The van der Waals surface area contributed by atoms with Crippen LogP contribution in [0.5, 0.6) is 0 Å². The van der Waals surface area contributed by atoms with E-state index in [1.54, 1.807) is 0 Å². The van der Waals surface area contributed by atoms with Gasteiger partial charge >= 0.3 is 0 Å². The number of piperidine rings is 1. The van der Waals surface area contributed by atoms with Crippen molar-refractivity contribution in [2.45, 2.75) is 58.5 Å². The third kappa shape index (κ3) is 6.22. The quantitative estimate of drug-likeness (QED) is 0.695. The standard InChI is InChI=1S/C21H33N3O2.ClH/c1-4-5-13-23-20(25)18-12-11-15(2)24(14-18)21(26)16(3)19(22)17-9-7-6-8-10-17;/h6-10,15-16,18-19H,4-5,11-14,22H2,1-3H3,(H,23,25);1H. The molecule has 4 unspecified atom stereocenters. The lowest BCUT2D eigenvalue weighted by Crippen LogP contribution is -2.52. The van der Waals surface area contributed by atoms with Crippen LogP contribution < -0.4 is 11.1 Å². The zero-order valence-electron chi connectivity index (χ0n) is 16.7. The molecular formula is C21H34ClN3O2. The first-order valence-corrected chi connectivity index (χ1v) is 9.84. The van der Waals surface area contributed by atoms with Crippen LogP contribution in [0.4, 0.5) is 0 Å². The predicted molar refractivity (Wildman–Crippen MR) is 112 cm³/mol. The summed E-state index contributed by atoms with van der Waals surface area (Å²) in [5.41, 5.74) is 7.30. The van der Waals surface area contributed by atoms with E-state index in [-0.39, 0.29) is 48.1 Å². The third-order valence-corrected chi connectivity index (χ3v) is 5.48. The van der Waals surface area contributed by atoms with Gasteiger partial charge in [0, 0.05) is 25.2 Å². The van der Waals surface area contributed by atoms with E-state index in [1.165, 1.54) is 0 Å². The summed E-state index contributed by atoms with van der Waals surface area (Å²) in [5.74, 6) is -0.322. The Hall–Kier alpha value is -1.59. The number of likely N-dealkylation sites (tertiary alicyclic amines) is 1. The second-order valence-corrected chi connectivity index (χ2v) is 7.48. The largest absolute Gasteiger partial charge is 0.356 e. The van der Waals surface area contributed by atoms with Crippen LogP contribution in [0.1, 0.15) is 58.1 Å². The maximum absolute atomic E-state index is 13.1. The maximum atomic E-state index is 13.1. The highest BCUT2D eigenvalue weighted by Crippen LogP contribution is 2.27. The molecule has 152 valence electrons. The summed E-state index contributed by atoms with van der Waals surface area (Å²) < 4.78 is 0. The second-order valence-electron chi connectivity index (χ2n) is 7.48. The molecule has 5 nitrogen and oxygen atoms in total. The molecule has 2 amide bonds. The van der Waals surface area contributed by atoms with Crippen molar-refractivity contribution in [2.24, 2.45) is 17.6 Å². The summed E-state index contributed by atoms with van der Waals surface area (Å²) in [7, 11) is 0. The summed E-state index contributed by atoms with van der Waals surface area (Å²) in [6, 6.07) is 9.54. The Morgan fingerprint density at radius 1 is 1.26 bits per heavy atom. The second kappa shape index (κ2) is 11.3. The van der Waals surface area contributed by atoms with Gasteiger partial charge in [0.2, 0.25) is 11.8 Å². The molecule has 1 aliphatic heterocycles. The number of nitrogens with zero attached hydrogens (tertiary/aromatic N) is 1. The molecule has 0 spiro atoms. The number of nitrogens with one attached hydrogen (secondary N) is 1. The van der Waals surface area contributed by atoms with Crippen LogP contribution in [0.3, 0.4) is 0 Å². The number of unbranched alkanes of at least 4 members (excludes halogenated alkanes) is 1. The number of carbonyl (C=O) groups excluding carboxylic acids is 2. The Morgan fingerprint density at radius 3 is 2.56 bits per heavy atom. The van der Waals surface area contributed by atoms with Crippen molar-refractivity contribution in [2.75, 3.05) is 13.1 Å². The van der Waals surface area contributed by atoms with Gasteiger partial charge in [-0.25, -0.2) is 0 Å². The first-order chi connectivity index (χ1) is 12.5. The van der Waals surface area contributed by atoms with Crippen LogP contribution in [0.25, 0.3) is 0 Å². The lowest BCUT2D eigenvalue weighted by atomic mass is 9.89. The van der Waals surface area contributed by atoms with Crippen LogP contribution in [0.15, 0.2) is 30.3 Å². The number of halogens is 1. The number of nitrogens with two attached hydrogens (primary N) is 1. The molecule has 1 aliphatic rings. The fourth-order valence-corrected chi connectivity index (χ4v) is 3.54. The van der Waals surface area contributed by atoms with E-state index in [0.29, 0.717) is 13.1 Å². The lowest BCUT2D eigenvalue weighted by molar-refractivity contribution is -0.142. The summed E-state index contributed by atoms with van der Waals surface area (Å²) in [6.07, 6.45) is 3.73. The highest BCUT2D eigenvalue weighted by Gasteiger charge is 2.35. The highest BCUT2D eigenvalue weighted by atomic mass is 35.5. The Balaban J connectivity index is 0.00000364. The minimum absolute atomic E-state index is 0. The van der Waals surface area contributed by atoms with E-state index >= 15 is 0 Å². The zero-order valence-corrected chi connectivity index (χ0v) is 17.5. The van der Waals surface area contributed by atoms with Crippen molar-refractivity contribution >= 4 is 24.2 Å². The summed E-state index contributed by atoms with van der Waals surface area (Å²) in [5, 5.41) is 3.00. The third-order valence-electron chi connectivity index (χ3n) is 5.48. The topological polar surface area (TPSA) is 75.4 Å². The SMILES string of the molecule is CCCCNC(=O)C1CCC(C)N(C(=O)C(C)C(N)c2ccccc2)C1.Cl. The maximum Gasteiger partial charge on any atom is 0.227 e. The summed E-state index contributed by atoms with van der Waals surface area (Å²) in [6.45, 7) is 7.25. The molecule has 1 saturated heterocycles. The summed E-state index contributed by atoms with van der Waals surface area (Å²) >= 11 is 0. The molecule has 1 aromatic carbocycles. The molecular weight excluding hydrogens is 362 g/mol. The van der Waals surface area contributed by atoms with Gasteiger partial charge in [0.05, 0.1) is 11.8 Å². The molecule has 0 bridgehead atoms. The molecule has 0 saturated carbocycles. The highest BCUT2D eigenvalue weighted by molar-refractivity contribution is 5.85. The lowest BCUT2D eigenvalue weighted by Gasteiger charge is -2.39. The van der Waals surface area contributed by atoms with Crippen LogP contribution in [-0.4, -0.2) is 35.8 Å². The van der Waals surface area contributed by atoms with Gasteiger partial charge in [0.1, 0.15) is 0 Å². The number of benzene rings is 1. The van der Waals surface area contributed by atoms with E-state index in [0.717, 1.165) is 31.2 Å². The Morgan fingerprint density at radius 2 is 1.93 bits per heavy atom. The van der Waals surface area contributed by atoms with Gasteiger partial charge in [-0.15, -0.1) is 12.4 Å². The zero-order chi connectivity index (χ0) is 19.1. The fourth-order valence-electron chi connectivity index (χ4n) is 3.54. The molecule has 6 heteroatoms. The summed E-state index contributed by atoms with van der Waals surface area (Å²) in [4.78, 5) is 27.3. The molecule has 1 fully saturated rings. The molecule has 1 heterocycles. The average Bonchev–Trinajstić information content (AvgIpc) is 2.67. The number of rotatable bonds is 7. The van der Waals surface area contributed by atoms with E-state index < -0.39 is 0 Å². The van der Waals surface area contributed by atoms with Gasteiger partial charge in [-0.2, -0.15) is 0 Å². The van der Waals surface area contributed by atoms with Gasteiger partial charge in [-0.3, -0.25) is 9.59 Å².